The normalized spacial score (nSPS) is 13.0. The van der Waals surface area contributed by atoms with E-state index in [1.54, 1.807) is 27.8 Å². The maximum absolute atomic E-state index is 14.6. The Morgan fingerprint density at radius 3 is 2.82 bits per heavy atom. The van der Waals surface area contributed by atoms with E-state index in [2.05, 4.69) is 20.1 Å². The van der Waals surface area contributed by atoms with Crippen LogP contribution < -0.4 is 5.73 Å². The van der Waals surface area contributed by atoms with Gasteiger partial charge in [0.1, 0.15) is 11.5 Å². The van der Waals surface area contributed by atoms with Crippen molar-refractivity contribution < 1.29 is 14.0 Å². The van der Waals surface area contributed by atoms with Crippen molar-refractivity contribution in [2.75, 3.05) is 6.54 Å². The highest BCUT2D eigenvalue weighted by atomic mass is 19.1. The predicted molar refractivity (Wildman–Crippen MR) is 122 cm³/mol. The topological polar surface area (TPSA) is 114 Å². The fraction of sp³-hybridized carbons (Fsp3) is 0.208. The third-order valence-corrected chi connectivity index (χ3v) is 6.10. The largest absolute Gasteiger partial charge is 0.365 e. The minimum absolute atomic E-state index is 0.107. The first kappa shape index (κ1) is 21.3. The molecule has 5 rings (SSSR count). The van der Waals surface area contributed by atoms with Crippen molar-refractivity contribution in [3.8, 4) is 11.3 Å². The van der Waals surface area contributed by atoms with Crippen LogP contribution in [0.3, 0.4) is 0 Å². The van der Waals surface area contributed by atoms with E-state index in [0.29, 0.717) is 40.9 Å². The van der Waals surface area contributed by atoms with Crippen LogP contribution in [0.4, 0.5) is 10.1 Å². The summed E-state index contributed by atoms with van der Waals surface area (Å²) in [6.07, 6.45) is 1.57. The maximum Gasteiger partial charge on any atom is 0.252 e. The lowest BCUT2D eigenvalue weighted by molar-refractivity contribution is -0.132. The number of rotatable bonds is 4. The first-order chi connectivity index (χ1) is 16.4. The van der Waals surface area contributed by atoms with E-state index in [0.717, 1.165) is 11.1 Å². The molecule has 3 N–H and O–H groups in total. The molecular weight excluding hydrogens is 437 g/mol. The Kier molecular flexibility index (Phi) is 5.09. The van der Waals surface area contributed by atoms with Crippen LogP contribution in [0.15, 0.2) is 36.5 Å². The molecule has 3 heterocycles. The van der Waals surface area contributed by atoms with E-state index in [1.807, 2.05) is 13.0 Å². The molecule has 0 radical (unpaired) electrons. The molecule has 0 spiro atoms. The number of benzene rings is 2. The summed E-state index contributed by atoms with van der Waals surface area (Å²) >= 11 is 0. The number of carbonyl (C=O) groups excluding carboxylic acids is 2. The SMILES string of the molecule is [C-]#[N+]c1ccc(CC(=O)N2CCn3nc(-c4cc(F)c5cn[nH]c5c4)c(C(N)=O)c3C2)cc1C. The molecule has 1 aliphatic heterocycles. The van der Waals surface area contributed by atoms with Gasteiger partial charge in [-0.1, -0.05) is 18.2 Å². The minimum atomic E-state index is -0.693. The molecule has 0 saturated carbocycles. The van der Waals surface area contributed by atoms with Crippen LogP contribution in [0.1, 0.15) is 27.2 Å². The number of aromatic nitrogens is 4. The van der Waals surface area contributed by atoms with E-state index < -0.39 is 11.7 Å². The van der Waals surface area contributed by atoms with Crippen molar-refractivity contribution >= 4 is 28.4 Å². The fourth-order valence-corrected chi connectivity index (χ4v) is 4.38. The minimum Gasteiger partial charge on any atom is -0.365 e. The van der Waals surface area contributed by atoms with Crippen LogP contribution in [0.5, 0.6) is 0 Å². The number of aryl methyl sites for hydroxylation is 1. The van der Waals surface area contributed by atoms with Gasteiger partial charge in [-0.05, 0) is 30.2 Å². The molecule has 2 amide bonds. The van der Waals surface area contributed by atoms with E-state index in [9.17, 15) is 14.0 Å². The van der Waals surface area contributed by atoms with Crippen molar-refractivity contribution in [1.29, 1.82) is 0 Å². The Morgan fingerprint density at radius 1 is 1.26 bits per heavy atom. The summed E-state index contributed by atoms with van der Waals surface area (Å²) in [6.45, 7) is 9.96. The quantitative estimate of drug-likeness (QED) is 0.458. The van der Waals surface area contributed by atoms with E-state index >= 15 is 0 Å². The van der Waals surface area contributed by atoms with Gasteiger partial charge in [-0.3, -0.25) is 19.4 Å². The standard InChI is InChI=1S/C24H20FN7O2/c1-13-7-14(3-4-18(13)27-2)8-21(33)31-5-6-32-20(12-31)22(24(26)34)23(30-32)15-9-17(25)16-11-28-29-19(16)10-15/h3-4,7,9-11H,5-6,8,12H2,1H3,(H2,26,34)(H,28,29). The first-order valence-corrected chi connectivity index (χ1v) is 10.6. The second-order valence-electron chi connectivity index (χ2n) is 8.27. The van der Waals surface area contributed by atoms with Crippen molar-refractivity contribution in [3.05, 3.63) is 76.1 Å². The molecule has 0 aliphatic carbocycles. The Bertz CT molecular complexity index is 1510. The number of primary amides is 1. The van der Waals surface area contributed by atoms with Crippen LogP contribution in [-0.4, -0.2) is 43.2 Å². The van der Waals surface area contributed by atoms with Gasteiger partial charge >= 0.3 is 0 Å². The van der Waals surface area contributed by atoms with Crippen LogP contribution in [0, 0.1) is 19.3 Å². The predicted octanol–water partition coefficient (Wildman–Crippen LogP) is 3.11. The van der Waals surface area contributed by atoms with Gasteiger partial charge in [-0.15, -0.1) is 0 Å². The highest BCUT2D eigenvalue weighted by molar-refractivity contribution is 6.01. The fourth-order valence-electron chi connectivity index (χ4n) is 4.38. The van der Waals surface area contributed by atoms with E-state index in [-0.39, 0.29) is 30.1 Å². The van der Waals surface area contributed by atoms with Crippen LogP contribution in [0.25, 0.3) is 27.0 Å². The lowest BCUT2D eigenvalue weighted by Crippen LogP contribution is -2.40. The van der Waals surface area contributed by atoms with Crippen LogP contribution in [-0.2, 0) is 24.3 Å². The van der Waals surface area contributed by atoms with Crippen LogP contribution >= 0.6 is 0 Å². The van der Waals surface area contributed by atoms with Crippen molar-refractivity contribution in [3.63, 3.8) is 0 Å². The Labute approximate surface area is 193 Å². The number of nitrogens with zero attached hydrogens (tertiary/aromatic N) is 5. The highest BCUT2D eigenvalue weighted by Crippen LogP contribution is 2.31. The molecule has 0 unspecified atom stereocenters. The summed E-state index contributed by atoms with van der Waals surface area (Å²) < 4.78 is 16.2. The summed E-state index contributed by atoms with van der Waals surface area (Å²) in [5.41, 5.74) is 9.75. The average molecular weight is 457 g/mol. The van der Waals surface area contributed by atoms with Gasteiger partial charge in [0.25, 0.3) is 5.91 Å². The molecule has 0 bridgehead atoms. The average Bonchev–Trinajstić information content (AvgIpc) is 3.43. The zero-order valence-electron chi connectivity index (χ0n) is 18.3. The monoisotopic (exact) mass is 457 g/mol. The number of hydrogen-bond acceptors (Lipinski definition) is 4. The van der Waals surface area contributed by atoms with Crippen molar-refractivity contribution in [1.82, 2.24) is 24.9 Å². The molecule has 9 nitrogen and oxygen atoms in total. The smallest absolute Gasteiger partial charge is 0.252 e. The molecule has 4 aromatic rings. The number of halogens is 1. The zero-order chi connectivity index (χ0) is 24.0. The molecule has 0 fully saturated rings. The third kappa shape index (κ3) is 3.57. The lowest BCUT2D eigenvalue weighted by Gasteiger charge is -2.28. The Balaban J connectivity index is 1.46. The van der Waals surface area contributed by atoms with Gasteiger partial charge in [-0.25, -0.2) is 9.24 Å². The number of carbonyl (C=O) groups is 2. The molecule has 2 aromatic carbocycles. The number of hydrogen-bond donors (Lipinski definition) is 2. The van der Waals surface area contributed by atoms with Crippen LogP contribution in [0.2, 0.25) is 0 Å². The maximum atomic E-state index is 14.6. The van der Waals surface area contributed by atoms with E-state index in [1.165, 1.54) is 12.3 Å². The molecular formula is C24H20FN7O2. The summed E-state index contributed by atoms with van der Waals surface area (Å²) in [5.74, 6) is -1.29. The summed E-state index contributed by atoms with van der Waals surface area (Å²) in [6, 6.07) is 8.30. The number of nitrogens with one attached hydrogen (secondary N) is 1. The van der Waals surface area contributed by atoms with Gasteiger partial charge in [0, 0.05) is 12.1 Å². The molecule has 1 aliphatic rings. The van der Waals surface area contributed by atoms with Crippen molar-refractivity contribution in [2.45, 2.75) is 26.4 Å². The summed E-state index contributed by atoms with van der Waals surface area (Å²) in [7, 11) is 0. The van der Waals surface area contributed by atoms with Crippen molar-refractivity contribution in [2.24, 2.45) is 5.73 Å². The van der Waals surface area contributed by atoms with Gasteiger partial charge in [0.05, 0.1) is 54.4 Å². The Hall–Kier alpha value is -4.52. The molecule has 0 saturated heterocycles. The Morgan fingerprint density at radius 2 is 2.09 bits per heavy atom. The first-order valence-electron chi connectivity index (χ1n) is 10.6. The molecule has 170 valence electrons. The van der Waals surface area contributed by atoms with E-state index in [4.69, 9.17) is 12.3 Å². The molecule has 34 heavy (non-hydrogen) atoms. The number of fused-ring (bicyclic) bond motifs is 2. The number of nitrogens with two attached hydrogens (primary N) is 1. The summed E-state index contributed by atoms with van der Waals surface area (Å²) in [5, 5.41) is 11.5. The van der Waals surface area contributed by atoms with Gasteiger partial charge in [0.2, 0.25) is 5.91 Å². The second kappa shape index (κ2) is 8.12. The molecule has 10 heteroatoms. The molecule has 0 atom stereocenters. The second-order valence-corrected chi connectivity index (χ2v) is 8.27. The number of amides is 2. The van der Waals surface area contributed by atoms with Gasteiger partial charge < -0.3 is 10.6 Å². The highest BCUT2D eigenvalue weighted by Gasteiger charge is 2.30. The molecule has 2 aromatic heterocycles. The number of aromatic amines is 1. The zero-order valence-corrected chi connectivity index (χ0v) is 18.3. The number of H-pyrrole nitrogens is 1. The lowest BCUT2D eigenvalue weighted by atomic mass is 10.0. The third-order valence-electron chi connectivity index (χ3n) is 6.10. The van der Waals surface area contributed by atoms with Gasteiger partial charge in [-0.2, -0.15) is 10.2 Å². The summed E-state index contributed by atoms with van der Waals surface area (Å²) in [4.78, 5) is 30.5. The van der Waals surface area contributed by atoms with Gasteiger partial charge in [0.15, 0.2) is 5.69 Å².